The zero-order chi connectivity index (χ0) is 41.5. The lowest BCUT2D eigenvalue weighted by Gasteiger charge is -2.47. The molecule has 1 saturated carbocycles. The van der Waals surface area contributed by atoms with Gasteiger partial charge in [0, 0.05) is 39.0 Å². The Labute approximate surface area is 334 Å². The second kappa shape index (κ2) is 20.5. The van der Waals surface area contributed by atoms with Gasteiger partial charge < -0.3 is 39.2 Å². The lowest BCUT2D eigenvalue weighted by atomic mass is 9.76. The summed E-state index contributed by atoms with van der Waals surface area (Å²) in [5, 5.41) is 34.1. The molecule has 3 aliphatic heterocycles. The second-order valence-corrected chi connectivity index (χ2v) is 17.5. The van der Waals surface area contributed by atoms with Crippen LogP contribution in [0.3, 0.4) is 0 Å². The summed E-state index contributed by atoms with van der Waals surface area (Å²) < 4.78 is 24.2. The van der Waals surface area contributed by atoms with Crippen molar-refractivity contribution in [2.24, 2.45) is 35.5 Å². The first-order chi connectivity index (χ1) is 26.5. The molecule has 56 heavy (non-hydrogen) atoms. The highest BCUT2D eigenvalue weighted by Gasteiger charge is 2.56. The van der Waals surface area contributed by atoms with Gasteiger partial charge in [-0.2, -0.15) is 0 Å². The Balaban J connectivity index is 1.76. The summed E-state index contributed by atoms with van der Waals surface area (Å²) >= 11 is 0. The van der Waals surface area contributed by atoms with Gasteiger partial charge in [0.2, 0.25) is 5.79 Å². The third-order valence-electron chi connectivity index (χ3n) is 13.3. The van der Waals surface area contributed by atoms with E-state index in [0.717, 1.165) is 12.8 Å². The number of nitrogens with zero attached hydrogens (tertiary/aromatic N) is 1. The molecule has 0 aromatic heterocycles. The molecule has 0 aromatic carbocycles. The largest absolute Gasteiger partial charge is 0.456 e. The summed E-state index contributed by atoms with van der Waals surface area (Å²) in [4.78, 5) is 57.8. The normalized spacial score (nSPS) is 40.6. The fourth-order valence-corrected chi connectivity index (χ4v) is 9.78. The number of allylic oxidation sites excluding steroid dienone is 3. The molecule has 14 atom stereocenters. The van der Waals surface area contributed by atoms with Crippen LogP contribution in [-0.2, 0) is 38.1 Å². The Bertz CT molecular complexity index is 1430. The van der Waals surface area contributed by atoms with Crippen LogP contribution in [0, 0.1) is 35.5 Å². The number of rotatable bonds is 6. The molecule has 2 saturated heterocycles. The quantitative estimate of drug-likeness (QED) is 0.177. The highest BCUT2D eigenvalue weighted by Crippen LogP contribution is 2.42. The topological polar surface area (TPSA) is 169 Å². The summed E-state index contributed by atoms with van der Waals surface area (Å²) in [6.07, 6.45) is 5.83. The molecule has 1 amide bonds. The standard InChI is InChI=1S/C44H71NO11/c1-10-31-19-25(3)18-26(4)20-38(54-9)40-32(11-2)22-28(6)44(52,56-40)41(49)42(50)45-17-13-12-14-33(45)43(51)55-39(29(7)35(47)24-36(31)48)27(5)21-30-15-16-34(46)37(23-30)53-8/h19,21,25-26,28-30,32-35,37-40,46-47,52H,10-18,20,22-24H2,1-9H3/t25?,26-,28+,29+,30-,32-,33?,34?,35?,37?,38?,39?,40?,44?/m0/s1. The lowest BCUT2D eigenvalue weighted by molar-refractivity contribution is -0.292. The summed E-state index contributed by atoms with van der Waals surface area (Å²) in [5.74, 6) is -6.70. The van der Waals surface area contributed by atoms with Crippen LogP contribution in [0.1, 0.15) is 126 Å². The molecule has 318 valence electrons. The monoisotopic (exact) mass is 790 g/mol. The van der Waals surface area contributed by atoms with E-state index in [2.05, 4.69) is 13.8 Å². The Morgan fingerprint density at radius 1 is 0.929 bits per heavy atom. The van der Waals surface area contributed by atoms with E-state index in [1.807, 2.05) is 32.9 Å². The molecule has 12 nitrogen and oxygen atoms in total. The van der Waals surface area contributed by atoms with Crippen LogP contribution in [0.2, 0.25) is 0 Å². The van der Waals surface area contributed by atoms with Crippen molar-refractivity contribution in [3.63, 3.8) is 0 Å². The number of ether oxygens (including phenoxy) is 4. The van der Waals surface area contributed by atoms with Gasteiger partial charge in [0.1, 0.15) is 12.1 Å². The number of hydrogen-bond donors (Lipinski definition) is 3. The number of ketones is 2. The van der Waals surface area contributed by atoms with Gasteiger partial charge in [0.05, 0.1) is 30.5 Å². The molecule has 0 radical (unpaired) electrons. The van der Waals surface area contributed by atoms with Crippen molar-refractivity contribution in [1.29, 1.82) is 0 Å². The highest BCUT2D eigenvalue weighted by atomic mass is 16.7. The van der Waals surface area contributed by atoms with Crippen molar-refractivity contribution >= 4 is 23.4 Å². The Morgan fingerprint density at radius 2 is 1.62 bits per heavy atom. The molecule has 3 N–H and O–H groups in total. The Morgan fingerprint density at radius 3 is 2.27 bits per heavy atom. The minimum atomic E-state index is -2.42. The van der Waals surface area contributed by atoms with E-state index in [0.29, 0.717) is 62.5 Å². The molecule has 3 fully saturated rings. The van der Waals surface area contributed by atoms with Crippen LogP contribution in [0.5, 0.6) is 0 Å². The van der Waals surface area contributed by atoms with E-state index in [1.165, 1.54) is 4.90 Å². The van der Waals surface area contributed by atoms with E-state index >= 15 is 0 Å². The summed E-state index contributed by atoms with van der Waals surface area (Å²) in [7, 11) is 3.16. The van der Waals surface area contributed by atoms with Gasteiger partial charge in [-0.1, -0.05) is 60.1 Å². The smallest absolute Gasteiger partial charge is 0.329 e. The fourth-order valence-electron chi connectivity index (χ4n) is 9.78. The maximum atomic E-state index is 14.3. The number of hydrogen-bond acceptors (Lipinski definition) is 11. The van der Waals surface area contributed by atoms with Crippen LogP contribution in [0.25, 0.3) is 0 Å². The third kappa shape index (κ3) is 10.8. The second-order valence-electron chi connectivity index (χ2n) is 17.5. The minimum Gasteiger partial charge on any atom is -0.456 e. The maximum absolute atomic E-state index is 14.3. The number of aliphatic hydroxyl groups is 3. The molecule has 2 bridgehead atoms. The van der Waals surface area contributed by atoms with E-state index in [1.54, 1.807) is 28.1 Å². The number of carbonyl (C=O) groups is 4. The molecule has 4 aliphatic rings. The van der Waals surface area contributed by atoms with E-state index in [9.17, 15) is 34.5 Å². The molecule has 9 unspecified atom stereocenters. The number of Topliss-reactive ketones (excluding diaryl/α,β-unsaturated/α-hetero) is 2. The first kappa shape index (κ1) is 46.2. The molecular formula is C44H71NO11. The van der Waals surface area contributed by atoms with Crippen LogP contribution < -0.4 is 0 Å². The van der Waals surface area contributed by atoms with Gasteiger partial charge in [-0.15, -0.1) is 0 Å². The lowest BCUT2D eigenvalue weighted by Crippen LogP contribution is -2.63. The number of aliphatic hydroxyl groups excluding tert-OH is 2. The average molecular weight is 790 g/mol. The summed E-state index contributed by atoms with van der Waals surface area (Å²) in [6, 6.07) is -1.11. The number of methoxy groups -OCH3 is 2. The van der Waals surface area contributed by atoms with Crippen molar-refractivity contribution in [3.05, 3.63) is 23.3 Å². The van der Waals surface area contributed by atoms with Gasteiger partial charge in [-0.05, 0) is 106 Å². The van der Waals surface area contributed by atoms with Crippen molar-refractivity contribution in [1.82, 2.24) is 4.90 Å². The van der Waals surface area contributed by atoms with Gasteiger partial charge in [0.15, 0.2) is 5.78 Å². The molecule has 0 aromatic rings. The number of amides is 1. The van der Waals surface area contributed by atoms with Gasteiger partial charge in [-0.25, -0.2) is 4.79 Å². The van der Waals surface area contributed by atoms with Crippen LogP contribution in [-0.4, -0.2) is 113 Å². The molecule has 1 aliphatic carbocycles. The zero-order valence-corrected chi connectivity index (χ0v) is 35.4. The van der Waals surface area contributed by atoms with E-state index in [-0.39, 0.29) is 54.9 Å². The van der Waals surface area contributed by atoms with Gasteiger partial charge >= 0.3 is 5.97 Å². The van der Waals surface area contributed by atoms with Crippen LogP contribution in [0.15, 0.2) is 23.3 Å². The van der Waals surface area contributed by atoms with E-state index in [4.69, 9.17) is 18.9 Å². The maximum Gasteiger partial charge on any atom is 0.329 e. The van der Waals surface area contributed by atoms with Crippen LogP contribution in [0.4, 0.5) is 0 Å². The Kier molecular flexibility index (Phi) is 16.9. The molecule has 12 heteroatoms. The fraction of sp³-hybridized carbons (Fsp3) is 0.818. The summed E-state index contributed by atoms with van der Waals surface area (Å²) in [5.41, 5.74) is 1.31. The number of fused-ring (bicyclic) bond motifs is 3. The molecule has 0 spiro atoms. The molecule has 4 rings (SSSR count). The van der Waals surface area contributed by atoms with Crippen molar-refractivity contribution in [3.8, 4) is 0 Å². The summed E-state index contributed by atoms with van der Waals surface area (Å²) in [6.45, 7) is 13.5. The first-order valence-corrected chi connectivity index (χ1v) is 21.3. The predicted octanol–water partition coefficient (Wildman–Crippen LogP) is 5.48. The Hall–Kier alpha value is -2.48. The van der Waals surface area contributed by atoms with Crippen LogP contribution >= 0.6 is 0 Å². The number of cyclic esters (lactones) is 1. The van der Waals surface area contributed by atoms with Crippen molar-refractivity contribution in [2.45, 2.75) is 174 Å². The minimum absolute atomic E-state index is 0.00844. The number of esters is 1. The average Bonchev–Trinajstić information content (AvgIpc) is 3.18. The third-order valence-corrected chi connectivity index (χ3v) is 13.3. The van der Waals surface area contributed by atoms with E-state index < -0.39 is 71.8 Å². The first-order valence-electron chi connectivity index (χ1n) is 21.3. The molecular weight excluding hydrogens is 718 g/mol. The number of carbonyl (C=O) groups excluding carboxylic acids is 4. The predicted molar refractivity (Wildman–Crippen MR) is 211 cm³/mol. The van der Waals surface area contributed by atoms with Gasteiger partial charge in [0.25, 0.3) is 11.7 Å². The van der Waals surface area contributed by atoms with Crippen molar-refractivity contribution in [2.75, 3.05) is 20.8 Å². The van der Waals surface area contributed by atoms with Crippen molar-refractivity contribution < 1.29 is 53.4 Å². The number of piperidine rings is 1. The zero-order valence-electron chi connectivity index (χ0n) is 35.4. The van der Waals surface area contributed by atoms with Gasteiger partial charge in [-0.3, -0.25) is 14.4 Å². The SMILES string of the molecule is CCC1=CC(C)C[C@H](C)CC(OC)C2OC(O)(C(=O)C(=O)N3CCCCC3C(=O)OC(C(C)=C[C@@H]3CCC(O)C(OC)C3)[C@H](C)C(O)CC1=O)[C@H](C)C[C@@H]2CC. The highest BCUT2D eigenvalue weighted by molar-refractivity contribution is 6.39. The molecule has 3 heterocycles.